The van der Waals surface area contributed by atoms with E-state index in [9.17, 15) is 0 Å². The molecule has 0 saturated carbocycles. The summed E-state index contributed by atoms with van der Waals surface area (Å²) >= 11 is 7.21. The fraction of sp³-hybridized carbons (Fsp3) is 0.413. The van der Waals surface area contributed by atoms with Crippen LogP contribution in [0.3, 0.4) is 0 Å². The third-order valence-corrected chi connectivity index (χ3v) is 22.6. The number of halogens is 1. The minimum absolute atomic E-state index is 0. The van der Waals surface area contributed by atoms with Crippen LogP contribution >= 0.6 is 11.1 Å². The van der Waals surface area contributed by atoms with Gasteiger partial charge in [0.2, 0.25) is 7.38 Å². The number of rotatable bonds is 6. The average molecular weight is 800 g/mol. The number of nitrogens with zero attached hydrogens (tertiary/aromatic N) is 1. The second-order valence-corrected chi connectivity index (χ2v) is 26.0. The lowest BCUT2D eigenvalue weighted by atomic mass is 10.1. The lowest BCUT2D eigenvalue weighted by Gasteiger charge is -2.46. The second-order valence-electron chi connectivity index (χ2n) is 16.1. The van der Waals surface area contributed by atoms with E-state index >= 15 is 0 Å². The first-order chi connectivity index (χ1) is 25.9. The number of hydrogen-bond donors (Lipinski definition) is 4. The Morgan fingerprint density at radius 1 is 0.600 bits per heavy atom. The van der Waals surface area contributed by atoms with E-state index in [0.29, 0.717) is 6.10 Å². The van der Waals surface area contributed by atoms with Gasteiger partial charge < -0.3 is 25.2 Å². The first-order valence-electron chi connectivity index (χ1n) is 19.5. The Labute approximate surface area is 339 Å². The SMILES string of the molecule is C.CC(C)(C)[Si](Cl)(c1ccccc1)c1ccccc1.CC(C)(C)[Si](OC1CCNCC1)(c1ccccc1)c1ccccc1.OC1CCNCC1.c1c[nH]cn1. The Morgan fingerprint density at radius 3 is 1.25 bits per heavy atom. The normalized spacial score (nSPS) is 15.4. The Balaban J connectivity index is 0.000000228. The fourth-order valence-corrected chi connectivity index (χ4v) is 16.1. The van der Waals surface area contributed by atoms with Gasteiger partial charge in [0.15, 0.2) is 0 Å². The molecular formula is C46H67ClN4O2Si2. The first kappa shape index (κ1) is 46.0. The molecule has 4 aromatic carbocycles. The van der Waals surface area contributed by atoms with Crippen LogP contribution in [-0.4, -0.2) is 69.2 Å². The molecule has 1 aromatic heterocycles. The van der Waals surface area contributed by atoms with Crippen LogP contribution < -0.4 is 31.4 Å². The van der Waals surface area contributed by atoms with Gasteiger partial charge in [-0.15, -0.1) is 0 Å². The maximum Gasteiger partial charge on any atom is 0.261 e. The van der Waals surface area contributed by atoms with Gasteiger partial charge in [0.05, 0.1) is 12.4 Å². The van der Waals surface area contributed by atoms with Crippen LogP contribution in [-0.2, 0) is 4.43 Å². The molecule has 2 saturated heterocycles. The van der Waals surface area contributed by atoms with Gasteiger partial charge in [0.25, 0.3) is 8.32 Å². The Kier molecular flexibility index (Phi) is 18.8. The Morgan fingerprint density at radius 2 is 0.982 bits per heavy atom. The molecule has 4 N–H and O–H groups in total. The van der Waals surface area contributed by atoms with Crippen LogP contribution in [0.4, 0.5) is 0 Å². The molecule has 0 atom stereocenters. The number of hydrogen-bond acceptors (Lipinski definition) is 5. The van der Waals surface area contributed by atoms with E-state index < -0.39 is 15.7 Å². The molecule has 7 rings (SSSR count). The maximum atomic E-state index is 8.87. The molecule has 0 spiro atoms. The van der Waals surface area contributed by atoms with Gasteiger partial charge in [-0.25, -0.2) is 4.98 Å². The number of aliphatic hydroxyl groups is 1. The van der Waals surface area contributed by atoms with Crippen LogP contribution in [0.15, 0.2) is 140 Å². The highest BCUT2D eigenvalue weighted by Gasteiger charge is 2.51. The van der Waals surface area contributed by atoms with Crippen molar-refractivity contribution in [2.24, 2.45) is 0 Å². The van der Waals surface area contributed by atoms with Gasteiger partial charge in [0, 0.05) is 18.5 Å². The minimum Gasteiger partial charge on any atom is -0.404 e. The maximum absolute atomic E-state index is 8.87. The molecule has 5 aromatic rings. The van der Waals surface area contributed by atoms with Crippen molar-refractivity contribution in [1.82, 2.24) is 20.6 Å². The van der Waals surface area contributed by atoms with Crippen molar-refractivity contribution in [1.29, 1.82) is 0 Å². The zero-order chi connectivity index (χ0) is 38.9. The van der Waals surface area contributed by atoms with Crippen molar-refractivity contribution in [3.05, 3.63) is 140 Å². The number of benzene rings is 4. The van der Waals surface area contributed by atoms with Crippen molar-refractivity contribution in [3.63, 3.8) is 0 Å². The zero-order valence-corrected chi connectivity index (χ0v) is 36.0. The lowest BCUT2D eigenvalue weighted by molar-refractivity contribution is 0.137. The molecule has 298 valence electrons. The van der Waals surface area contributed by atoms with Gasteiger partial charge >= 0.3 is 0 Å². The van der Waals surface area contributed by atoms with Crippen molar-refractivity contribution in [2.45, 2.75) is 96.9 Å². The number of piperidine rings is 2. The standard InChI is InChI=1S/C21H29NOSi.C16H19ClSi.C5H11NO.C3H4N2.CH4/c1-21(2,3)24(19-10-6-4-7-11-19,20-12-8-5-9-13-20)23-18-14-16-22-17-15-18;1-16(2,3)18(17,14-10-6-4-7-11-14)15-12-8-5-9-13-15;7-5-1-3-6-4-2-5;1-2-5-3-4-1;/h4-13,18,22H,14-17H2,1-3H3;4-13H,1-3H3;5-7H,1-4H2;1-3H,(H,4,5);1H4. The summed E-state index contributed by atoms with van der Waals surface area (Å²) < 4.78 is 7.11. The van der Waals surface area contributed by atoms with E-state index in [0.717, 1.165) is 51.9 Å². The molecule has 0 unspecified atom stereocenters. The van der Waals surface area contributed by atoms with Crippen molar-refractivity contribution >= 4 is 47.5 Å². The largest absolute Gasteiger partial charge is 0.404 e. The van der Waals surface area contributed by atoms with Gasteiger partial charge in [-0.05, 0) is 82.7 Å². The number of imidazole rings is 1. The number of H-pyrrole nitrogens is 1. The summed E-state index contributed by atoms with van der Waals surface area (Å²) in [6.45, 7) is 17.9. The summed E-state index contributed by atoms with van der Waals surface area (Å²) in [5.74, 6) is 0. The van der Waals surface area contributed by atoms with Gasteiger partial charge in [0.1, 0.15) is 0 Å². The smallest absolute Gasteiger partial charge is 0.261 e. The fourth-order valence-electron chi connectivity index (χ4n) is 7.24. The van der Waals surface area contributed by atoms with Crippen LogP contribution in [0.1, 0.15) is 74.7 Å². The van der Waals surface area contributed by atoms with Crippen molar-refractivity contribution in [2.75, 3.05) is 26.2 Å². The van der Waals surface area contributed by atoms with Crippen LogP contribution in [0.2, 0.25) is 10.1 Å². The molecule has 2 fully saturated rings. The number of aromatic amines is 1. The summed E-state index contributed by atoms with van der Waals surface area (Å²) in [6.07, 6.45) is 9.47. The van der Waals surface area contributed by atoms with E-state index in [1.54, 1.807) is 18.7 Å². The predicted molar refractivity (Wildman–Crippen MR) is 242 cm³/mol. The van der Waals surface area contributed by atoms with Crippen LogP contribution in [0.5, 0.6) is 0 Å². The molecule has 9 heteroatoms. The van der Waals surface area contributed by atoms with E-state index in [1.807, 2.05) is 12.1 Å². The van der Waals surface area contributed by atoms with E-state index in [2.05, 4.69) is 171 Å². The van der Waals surface area contributed by atoms with Gasteiger partial charge in [-0.3, -0.25) is 0 Å². The number of nitrogens with one attached hydrogen (secondary N) is 3. The Hall–Kier alpha value is -3.35. The summed E-state index contributed by atoms with van der Waals surface area (Å²) in [6, 6.07) is 42.9. The Bertz CT molecular complexity index is 1590. The highest BCUT2D eigenvalue weighted by Crippen LogP contribution is 2.39. The molecule has 2 aliphatic rings. The second kappa shape index (κ2) is 22.4. The molecular weight excluding hydrogens is 732 g/mol. The first-order valence-corrected chi connectivity index (χ1v) is 24.4. The predicted octanol–water partition coefficient (Wildman–Crippen LogP) is 7.88. The molecule has 0 aliphatic carbocycles. The van der Waals surface area contributed by atoms with E-state index in [4.69, 9.17) is 20.6 Å². The zero-order valence-electron chi connectivity index (χ0n) is 33.3. The van der Waals surface area contributed by atoms with Crippen LogP contribution in [0, 0.1) is 0 Å². The minimum atomic E-state index is -2.36. The molecule has 0 bridgehead atoms. The number of aromatic nitrogens is 2. The van der Waals surface area contributed by atoms with Gasteiger partial charge in [-0.1, -0.05) is 170 Å². The number of aliphatic hydroxyl groups excluding tert-OH is 1. The van der Waals surface area contributed by atoms with E-state index in [-0.39, 0.29) is 23.6 Å². The summed E-state index contributed by atoms with van der Waals surface area (Å²) in [5, 5.41) is 20.9. The molecule has 0 amide bonds. The van der Waals surface area contributed by atoms with Crippen LogP contribution in [0.25, 0.3) is 0 Å². The molecule has 6 nitrogen and oxygen atoms in total. The molecule has 3 heterocycles. The third-order valence-electron chi connectivity index (χ3n) is 10.1. The monoisotopic (exact) mass is 798 g/mol. The average Bonchev–Trinajstić information content (AvgIpc) is 3.79. The van der Waals surface area contributed by atoms with E-state index in [1.165, 1.54) is 20.7 Å². The highest BCUT2D eigenvalue weighted by atomic mass is 35.6. The highest BCUT2D eigenvalue weighted by molar-refractivity contribution is 7.35. The van der Waals surface area contributed by atoms with Crippen molar-refractivity contribution in [3.8, 4) is 0 Å². The molecule has 55 heavy (non-hydrogen) atoms. The summed E-state index contributed by atoms with van der Waals surface area (Å²) in [5.41, 5.74) is 0. The quantitative estimate of drug-likeness (QED) is 0.104. The summed E-state index contributed by atoms with van der Waals surface area (Å²) in [7, 11) is -4.60. The molecule has 2 aliphatic heterocycles. The third kappa shape index (κ3) is 12.8. The summed E-state index contributed by atoms with van der Waals surface area (Å²) in [4.78, 5) is 6.42. The lowest BCUT2D eigenvalue weighted by Crippen LogP contribution is -2.68. The van der Waals surface area contributed by atoms with Crippen molar-refractivity contribution < 1.29 is 9.53 Å². The molecule has 0 radical (unpaired) electrons. The van der Waals surface area contributed by atoms with Gasteiger partial charge in [-0.2, -0.15) is 11.1 Å². The topological polar surface area (TPSA) is 82.2 Å².